The van der Waals surface area contributed by atoms with Crippen LogP contribution in [0, 0.1) is 19.3 Å². The Labute approximate surface area is 167 Å². The number of alkyl halides is 1. The molecular weight excluding hydrogens is 355 g/mol. The van der Waals surface area contributed by atoms with E-state index in [2.05, 4.69) is 12.1 Å². The van der Waals surface area contributed by atoms with Crippen molar-refractivity contribution in [1.29, 1.82) is 0 Å². The zero-order valence-electron chi connectivity index (χ0n) is 17.4. The summed E-state index contributed by atoms with van der Waals surface area (Å²) in [6.07, 6.45) is 2.63. The number of carbonyl (C=O) groups is 1. The summed E-state index contributed by atoms with van der Waals surface area (Å²) < 4.78 is 23.7. The first-order valence-corrected chi connectivity index (χ1v) is 9.89. The minimum atomic E-state index is -0.599. The van der Waals surface area contributed by atoms with E-state index in [0.717, 1.165) is 23.3 Å². The van der Waals surface area contributed by atoms with E-state index in [4.69, 9.17) is 9.47 Å². The lowest BCUT2D eigenvalue weighted by molar-refractivity contribution is -0.144. The number of hydrogen-bond acceptors (Lipinski definition) is 3. The van der Waals surface area contributed by atoms with Gasteiger partial charge in [0.2, 0.25) is 0 Å². The van der Waals surface area contributed by atoms with Gasteiger partial charge in [0, 0.05) is 0 Å². The fraction of sp³-hybridized carbons (Fsp3) is 0.458. The number of carbonyl (C=O) groups excluding carboxylic acids is 1. The molecule has 0 N–H and O–H groups in total. The summed E-state index contributed by atoms with van der Waals surface area (Å²) in [6.45, 7) is 8.09. The third kappa shape index (κ3) is 6.66. The average Bonchev–Trinajstić information content (AvgIpc) is 2.67. The van der Waals surface area contributed by atoms with E-state index in [1.165, 1.54) is 5.56 Å². The zero-order chi connectivity index (χ0) is 20.6. The van der Waals surface area contributed by atoms with Crippen molar-refractivity contribution in [3.05, 3.63) is 59.2 Å². The lowest BCUT2D eigenvalue weighted by atomic mass is 9.88. The molecule has 4 heteroatoms. The molecule has 152 valence electrons. The number of hydrogen-bond donors (Lipinski definition) is 0. The zero-order valence-corrected chi connectivity index (χ0v) is 17.4. The lowest BCUT2D eigenvalue weighted by Gasteiger charge is -2.22. The predicted octanol–water partition coefficient (Wildman–Crippen LogP) is 6.00. The smallest absolute Gasteiger partial charge is 0.316 e. The first kappa shape index (κ1) is 21.9. The van der Waals surface area contributed by atoms with Crippen LogP contribution in [0.3, 0.4) is 0 Å². The summed E-state index contributed by atoms with van der Waals surface area (Å²) in [5, 5.41) is 0. The molecule has 0 aliphatic heterocycles. The Morgan fingerprint density at radius 1 is 1.04 bits per heavy atom. The molecule has 0 fully saturated rings. The molecule has 0 radical (unpaired) electrons. The van der Waals surface area contributed by atoms with E-state index in [0.29, 0.717) is 31.6 Å². The highest BCUT2D eigenvalue weighted by atomic mass is 19.1. The Balaban J connectivity index is 1.81. The highest BCUT2D eigenvalue weighted by Crippen LogP contribution is 2.27. The molecule has 0 aromatic heterocycles. The summed E-state index contributed by atoms with van der Waals surface area (Å²) in [5.41, 5.74) is 2.72. The number of aryl methyl sites for hydroxylation is 3. The van der Waals surface area contributed by atoms with Crippen LogP contribution in [0.2, 0.25) is 0 Å². The minimum absolute atomic E-state index is 0.254. The monoisotopic (exact) mass is 386 g/mol. The van der Waals surface area contributed by atoms with E-state index >= 15 is 0 Å². The van der Waals surface area contributed by atoms with E-state index in [-0.39, 0.29) is 12.6 Å². The Morgan fingerprint density at radius 2 is 1.75 bits per heavy atom. The van der Waals surface area contributed by atoms with Gasteiger partial charge in [0.25, 0.3) is 0 Å². The second kappa shape index (κ2) is 10.3. The fourth-order valence-corrected chi connectivity index (χ4v) is 2.90. The molecule has 0 unspecified atom stereocenters. The van der Waals surface area contributed by atoms with Gasteiger partial charge in [-0.25, -0.2) is 0 Å². The number of rotatable bonds is 10. The Hall–Kier alpha value is -2.36. The van der Waals surface area contributed by atoms with Crippen molar-refractivity contribution in [2.24, 2.45) is 5.41 Å². The maximum Gasteiger partial charge on any atom is 0.316 e. The molecule has 0 spiro atoms. The van der Waals surface area contributed by atoms with Crippen LogP contribution in [0.15, 0.2) is 42.5 Å². The molecule has 3 nitrogen and oxygen atoms in total. The van der Waals surface area contributed by atoms with E-state index in [1.807, 2.05) is 45.9 Å². The third-order valence-electron chi connectivity index (χ3n) is 4.83. The maximum atomic E-state index is 12.5. The van der Waals surface area contributed by atoms with Crippen LogP contribution < -0.4 is 9.47 Å². The van der Waals surface area contributed by atoms with Gasteiger partial charge in [-0.05, 0) is 88.3 Å². The summed E-state index contributed by atoms with van der Waals surface area (Å²) >= 11 is 0. The maximum absolute atomic E-state index is 12.5. The molecule has 0 aliphatic carbocycles. The van der Waals surface area contributed by atoms with Crippen molar-refractivity contribution in [2.75, 3.05) is 13.3 Å². The van der Waals surface area contributed by atoms with Gasteiger partial charge in [-0.15, -0.1) is 0 Å². The molecule has 2 rings (SSSR count). The molecule has 0 saturated heterocycles. The molecule has 0 atom stereocenters. The Kier molecular flexibility index (Phi) is 8.04. The van der Waals surface area contributed by atoms with Gasteiger partial charge >= 0.3 is 5.97 Å². The average molecular weight is 387 g/mol. The van der Waals surface area contributed by atoms with Crippen molar-refractivity contribution in [2.45, 2.75) is 53.4 Å². The van der Waals surface area contributed by atoms with Gasteiger partial charge in [0.1, 0.15) is 11.5 Å². The normalized spacial score (nSPS) is 11.3. The predicted molar refractivity (Wildman–Crippen MR) is 111 cm³/mol. The van der Waals surface area contributed by atoms with Crippen LogP contribution >= 0.6 is 0 Å². The molecule has 0 aliphatic rings. The van der Waals surface area contributed by atoms with Gasteiger partial charge in [0.15, 0.2) is 0 Å². The van der Waals surface area contributed by atoms with Crippen LogP contribution in [0.4, 0.5) is 4.39 Å². The first-order valence-electron chi connectivity index (χ1n) is 9.89. The fourth-order valence-electron chi connectivity index (χ4n) is 2.90. The summed E-state index contributed by atoms with van der Waals surface area (Å²) in [5.74, 6) is 1.16. The summed E-state index contributed by atoms with van der Waals surface area (Å²) in [4.78, 5) is 12.5. The van der Waals surface area contributed by atoms with Crippen LogP contribution in [0.1, 0.15) is 49.8 Å². The number of ether oxygens (including phenoxy) is 2. The van der Waals surface area contributed by atoms with Crippen molar-refractivity contribution < 1.29 is 18.7 Å². The van der Waals surface area contributed by atoms with E-state index in [1.54, 1.807) is 12.1 Å². The van der Waals surface area contributed by atoms with Crippen LogP contribution in [-0.4, -0.2) is 19.3 Å². The van der Waals surface area contributed by atoms with Crippen LogP contribution in [-0.2, 0) is 11.2 Å². The molecule has 0 bridgehead atoms. The highest BCUT2D eigenvalue weighted by molar-refractivity contribution is 5.78. The highest BCUT2D eigenvalue weighted by Gasteiger charge is 2.29. The lowest BCUT2D eigenvalue weighted by Crippen LogP contribution is -2.29. The molecular formula is C24H31FO3. The quantitative estimate of drug-likeness (QED) is 0.285. The third-order valence-corrected chi connectivity index (χ3v) is 4.83. The summed E-state index contributed by atoms with van der Waals surface area (Å²) in [6, 6.07) is 13.4. The van der Waals surface area contributed by atoms with Gasteiger partial charge in [-0.1, -0.05) is 24.3 Å². The molecule has 0 heterocycles. The van der Waals surface area contributed by atoms with E-state index in [9.17, 15) is 9.18 Å². The second-order valence-corrected chi connectivity index (χ2v) is 7.93. The van der Waals surface area contributed by atoms with Crippen LogP contribution in [0.5, 0.6) is 11.5 Å². The van der Waals surface area contributed by atoms with Crippen LogP contribution in [0.25, 0.3) is 0 Å². The van der Waals surface area contributed by atoms with Crippen molar-refractivity contribution in [1.82, 2.24) is 0 Å². The van der Waals surface area contributed by atoms with Gasteiger partial charge in [-0.3, -0.25) is 9.18 Å². The molecule has 28 heavy (non-hydrogen) atoms. The molecule has 0 amide bonds. The number of benzene rings is 2. The SMILES string of the molecule is Cc1ccc(C)c(OCCCC(C)(C)C(=O)Oc2ccc(CCCF)cc2)c1. The summed E-state index contributed by atoms with van der Waals surface area (Å²) in [7, 11) is 0. The number of esters is 1. The molecule has 2 aromatic rings. The second-order valence-electron chi connectivity index (χ2n) is 7.93. The minimum Gasteiger partial charge on any atom is -0.493 e. The van der Waals surface area contributed by atoms with Crippen molar-refractivity contribution in [3.8, 4) is 11.5 Å². The van der Waals surface area contributed by atoms with E-state index < -0.39 is 5.41 Å². The molecule has 0 saturated carbocycles. The Morgan fingerprint density at radius 3 is 2.43 bits per heavy atom. The molecule has 2 aromatic carbocycles. The van der Waals surface area contributed by atoms with Crippen molar-refractivity contribution >= 4 is 5.97 Å². The van der Waals surface area contributed by atoms with Gasteiger partial charge in [0.05, 0.1) is 18.7 Å². The van der Waals surface area contributed by atoms with Crippen molar-refractivity contribution in [3.63, 3.8) is 0 Å². The van der Waals surface area contributed by atoms with Gasteiger partial charge in [-0.2, -0.15) is 0 Å². The standard InChI is InChI=1S/C24H31FO3/c1-18-8-9-19(2)22(17-18)27-16-6-14-24(3,4)23(26)28-21-12-10-20(11-13-21)7-5-15-25/h8-13,17H,5-7,14-16H2,1-4H3. The number of halogens is 1. The first-order chi connectivity index (χ1) is 13.3. The topological polar surface area (TPSA) is 35.5 Å². The van der Waals surface area contributed by atoms with Gasteiger partial charge < -0.3 is 9.47 Å². The Bertz CT molecular complexity index is 766. The largest absolute Gasteiger partial charge is 0.493 e.